The lowest BCUT2D eigenvalue weighted by Crippen LogP contribution is -2.40. The van der Waals surface area contributed by atoms with E-state index in [2.05, 4.69) is 10.2 Å². The molecule has 0 aromatic heterocycles. The van der Waals surface area contributed by atoms with Crippen LogP contribution in [0.5, 0.6) is 11.5 Å². The zero-order chi connectivity index (χ0) is 12.4. The van der Waals surface area contributed by atoms with E-state index in [1.807, 2.05) is 30.0 Å². The van der Waals surface area contributed by atoms with Crippen LogP contribution in [0.1, 0.15) is 0 Å². The third-order valence-electron chi connectivity index (χ3n) is 2.92. The maximum atomic E-state index is 5.42. The van der Waals surface area contributed by atoms with Crippen LogP contribution in [0.15, 0.2) is 18.2 Å². The lowest BCUT2D eigenvalue weighted by atomic mass is 10.3. The summed E-state index contributed by atoms with van der Waals surface area (Å²) in [6.45, 7) is 2.33. The summed E-state index contributed by atoms with van der Waals surface area (Å²) in [6.07, 6.45) is 0. The molecule has 6 heteroatoms. The highest BCUT2D eigenvalue weighted by atomic mass is 32.2. The Kier molecular flexibility index (Phi) is 3.47. The standard InChI is InChI=1S/C12H14N2O2S2/c17-12(14-3-5-18-6-4-14)13-9-1-2-10-11(7-9)16-8-15-10/h1-2,7H,3-6,8H2,(H,13,17). The van der Waals surface area contributed by atoms with Crippen molar-refractivity contribution >= 4 is 34.8 Å². The molecule has 1 saturated heterocycles. The predicted octanol–water partition coefficient (Wildman–Crippen LogP) is 2.16. The zero-order valence-corrected chi connectivity index (χ0v) is 11.5. The van der Waals surface area contributed by atoms with Crippen LogP contribution in [-0.2, 0) is 0 Å². The summed E-state index contributed by atoms with van der Waals surface area (Å²) in [5.74, 6) is 3.85. The number of anilines is 1. The average Bonchev–Trinajstić information content (AvgIpc) is 2.87. The second-order valence-corrected chi connectivity index (χ2v) is 5.71. The molecule has 1 aromatic carbocycles. The Morgan fingerprint density at radius 3 is 2.83 bits per heavy atom. The molecular formula is C12H14N2O2S2. The normalized spacial score (nSPS) is 17.7. The lowest BCUT2D eigenvalue weighted by Gasteiger charge is -2.29. The van der Waals surface area contributed by atoms with Gasteiger partial charge in [0.2, 0.25) is 6.79 Å². The Morgan fingerprint density at radius 2 is 2.00 bits per heavy atom. The predicted molar refractivity (Wildman–Crippen MR) is 77.7 cm³/mol. The van der Waals surface area contributed by atoms with Crippen LogP contribution in [0.2, 0.25) is 0 Å². The molecule has 0 spiro atoms. The molecule has 0 saturated carbocycles. The number of nitrogens with zero attached hydrogens (tertiary/aromatic N) is 1. The summed E-state index contributed by atoms with van der Waals surface area (Å²) in [7, 11) is 0. The molecule has 1 fully saturated rings. The fraction of sp³-hybridized carbons (Fsp3) is 0.417. The Labute approximate surface area is 116 Å². The van der Waals surface area contributed by atoms with Crippen molar-refractivity contribution in [2.24, 2.45) is 0 Å². The highest BCUT2D eigenvalue weighted by Crippen LogP contribution is 2.34. The SMILES string of the molecule is S=C(Nc1ccc2c(c1)OCO2)N1CCSCC1. The van der Waals surface area contributed by atoms with Crippen molar-refractivity contribution in [1.29, 1.82) is 0 Å². The number of ether oxygens (including phenoxy) is 2. The van der Waals surface area contributed by atoms with Gasteiger partial charge in [0.1, 0.15) is 0 Å². The second kappa shape index (κ2) is 5.24. The van der Waals surface area contributed by atoms with E-state index in [0.29, 0.717) is 6.79 Å². The van der Waals surface area contributed by atoms with Gasteiger partial charge in [-0.05, 0) is 24.4 Å². The highest BCUT2D eigenvalue weighted by molar-refractivity contribution is 7.99. The molecular weight excluding hydrogens is 268 g/mol. The molecule has 0 aliphatic carbocycles. The largest absolute Gasteiger partial charge is 0.454 e. The first kappa shape index (κ1) is 11.9. The van der Waals surface area contributed by atoms with Crippen molar-refractivity contribution in [1.82, 2.24) is 4.90 Å². The first-order valence-electron chi connectivity index (χ1n) is 5.86. The van der Waals surface area contributed by atoms with Gasteiger partial charge in [-0.3, -0.25) is 0 Å². The molecule has 18 heavy (non-hydrogen) atoms. The molecule has 2 aliphatic rings. The van der Waals surface area contributed by atoms with Gasteiger partial charge in [-0.1, -0.05) is 0 Å². The maximum absolute atomic E-state index is 5.42. The van der Waals surface area contributed by atoms with Gasteiger partial charge in [0.25, 0.3) is 0 Å². The number of thioether (sulfide) groups is 1. The topological polar surface area (TPSA) is 33.7 Å². The average molecular weight is 282 g/mol. The fourth-order valence-corrected chi connectivity index (χ4v) is 3.15. The van der Waals surface area contributed by atoms with Crippen molar-refractivity contribution in [3.05, 3.63) is 18.2 Å². The minimum Gasteiger partial charge on any atom is -0.454 e. The van der Waals surface area contributed by atoms with Crippen molar-refractivity contribution in [3.8, 4) is 11.5 Å². The van der Waals surface area contributed by atoms with Crippen LogP contribution in [0.3, 0.4) is 0 Å². The van der Waals surface area contributed by atoms with Crippen LogP contribution in [-0.4, -0.2) is 41.4 Å². The fourth-order valence-electron chi connectivity index (χ4n) is 1.94. The maximum Gasteiger partial charge on any atom is 0.231 e. The van der Waals surface area contributed by atoms with Gasteiger partial charge in [0.15, 0.2) is 16.6 Å². The van der Waals surface area contributed by atoms with Crippen LogP contribution >= 0.6 is 24.0 Å². The van der Waals surface area contributed by atoms with E-state index in [4.69, 9.17) is 21.7 Å². The second-order valence-electron chi connectivity index (χ2n) is 4.10. The summed E-state index contributed by atoms with van der Waals surface area (Å²) in [5.41, 5.74) is 0.947. The van der Waals surface area contributed by atoms with Gasteiger partial charge >= 0.3 is 0 Å². The van der Waals surface area contributed by atoms with E-state index in [-0.39, 0.29) is 0 Å². The molecule has 1 aromatic rings. The lowest BCUT2D eigenvalue weighted by molar-refractivity contribution is 0.174. The third kappa shape index (κ3) is 2.49. The van der Waals surface area contributed by atoms with E-state index in [1.54, 1.807) is 0 Å². The van der Waals surface area contributed by atoms with Gasteiger partial charge < -0.3 is 19.7 Å². The van der Waals surface area contributed by atoms with Gasteiger partial charge in [-0.15, -0.1) is 0 Å². The molecule has 1 N–H and O–H groups in total. The number of thiocarbonyl (C=S) groups is 1. The van der Waals surface area contributed by atoms with E-state index < -0.39 is 0 Å². The van der Waals surface area contributed by atoms with E-state index >= 15 is 0 Å². The first-order valence-corrected chi connectivity index (χ1v) is 7.42. The molecule has 0 atom stereocenters. The number of rotatable bonds is 1. The summed E-state index contributed by atoms with van der Waals surface area (Å²) in [4.78, 5) is 2.20. The van der Waals surface area contributed by atoms with Gasteiger partial charge in [-0.2, -0.15) is 11.8 Å². The van der Waals surface area contributed by atoms with E-state index in [1.165, 1.54) is 0 Å². The molecule has 0 radical (unpaired) electrons. The monoisotopic (exact) mass is 282 g/mol. The smallest absolute Gasteiger partial charge is 0.231 e. The Morgan fingerprint density at radius 1 is 1.22 bits per heavy atom. The number of nitrogens with one attached hydrogen (secondary N) is 1. The Bertz CT molecular complexity index is 461. The third-order valence-corrected chi connectivity index (χ3v) is 4.22. The van der Waals surface area contributed by atoms with Crippen molar-refractivity contribution in [3.63, 3.8) is 0 Å². The van der Waals surface area contributed by atoms with Crippen molar-refractivity contribution in [2.75, 3.05) is 36.7 Å². The number of hydrogen-bond acceptors (Lipinski definition) is 4. The molecule has 2 heterocycles. The Balaban J connectivity index is 1.66. The van der Waals surface area contributed by atoms with Gasteiger partial charge in [0.05, 0.1) is 0 Å². The molecule has 4 nitrogen and oxygen atoms in total. The van der Waals surface area contributed by atoms with Gasteiger partial charge in [-0.25, -0.2) is 0 Å². The summed E-state index contributed by atoms with van der Waals surface area (Å²) < 4.78 is 10.6. The summed E-state index contributed by atoms with van der Waals surface area (Å²) in [5, 5.41) is 4.04. The first-order chi connectivity index (χ1) is 8.83. The number of fused-ring (bicyclic) bond motifs is 1. The van der Waals surface area contributed by atoms with Crippen LogP contribution in [0, 0.1) is 0 Å². The Hall–Kier alpha value is -1.14. The minimum absolute atomic E-state index is 0.298. The molecule has 0 amide bonds. The van der Waals surface area contributed by atoms with Crippen LogP contribution in [0.25, 0.3) is 0 Å². The molecule has 96 valence electrons. The molecule has 3 rings (SSSR count). The zero-order valence-electron chi connectivity index (χ0n) is 9.85. The van der Waals surface area contributed by atoms with Crippen LogP contribution in [0.4, 0.5) is 5.69 Å². The van der Waals surface area contributed by atoms with Crippen molar-refractivity contribution < 1.29 is 9.47 Å². The quantitative estimate of drug-likeness (QED) is 0.795. The van der Waals surface area contributed by atoms with Crippen molar-refractivity contribution in [2.45, 2.75) is 0 Å². The van der Waals surface area contributed by atoms with E-state index in [9.17, 15) is 0 Å². The summed E-state index contributed by atoms with van der Waals surface area (Å²) >= 11 is 7.39. The number of hydrogen-bond donors (Lipinski definition) is 1. The minimum atomic E-state index is 0.298. The highest BCUT2D eigenvalue weighted by Gasteiger charge is 2.16. The molecule has 0 unspecified atom stereocenters. The summed E-state index contributed by atoms with van der Waals surface area (Å²) in [6, 6.07) is 5.78. The molecule has 0 bridgehead atoms. The van der Waals surface area contributed by atoms with Crippen LogP contribution < -0.4 is 14.8 Å². The van der Waals surface area contributed by atoms with Gasteiger partial charge in [0, 0.05) is 36.3 Å². The van der Waals surface area contributed by atoms with E-state index in [0.717, 1.165) is 46.9 Å². The molecule has 2 aliphatic heterocycles. The number of benzene rings is 1.